The van der Waals surface area contributed by atoms with Crippen molar-refractivity contribution in [3.05, 3.63) is 0 Å². The Hall–Kier alpha value is -0.650. The Kier molecular flexibility index (Phi) is 6.00. The van der Waals surface area contributed by atoms with Gasteiger partial charge in [-0.25, -0.2) is 0 Å². The number of piperidine rings is 1. The van der Waals surface area contributed by atoms with Gasteiger partial charge in [0, 0.05) is 6.54 Å². The third-order valence-corrected chi connectivity index (χ3v) is 7.27. The van der Waals surface area contributed by atoms with E-state index in [-0.39, 0.29) is 28.8 Å². The van der Waals surface area contributed by atoms with Crippen LogP contribution in [-0.2, 0) is 14.3 Å². The summed E-state index contributed by atoms with van der Waals surface area (Å²) in [5.74, 6) is 0.716. The van der Waals surface area contributed by atoms with Crippen molar-refractivity contribution in [3.8, 4) is 0 Å². The van der Waals surface area contributed by atoms with Crippen molar-refractivity contribution in [2.45, 2.75) is 72.0 Å². The van der Waals surface area contributed by atoms with E-state index in [0.717, 1.165) is 31.8 Å². The fourth-order valence-electron chi connectivity index (χ4n) is 5.84. The van der Waals surface area contributed by atoms with Gasteiger partial charge in [0.2, 0.25) is 0 Å². The van der Waals surface area contributed by atoms with E-state index in [2.05, 4.69) is 25.7 Å². The van der Waals surface area contributed by atoms with Crippen molar-refractivity contribution in [2.24, 2.45) is 22.7 Å². The normalized spacial score (nSPS) is 35.6. The Morgan fingerprint density at radius 2 is 1.92 bits per heavy atom. The van der Waals surface area contributed by atoms with Crippen LogP contribution in [0.15, 0.2) is 0 Å². The van der Waals surface area contributed by atoms with Gasteiger partial charge in [0.05, 0.1) is 31.3 Å². The molecular weight excluding hydrogens is 330 g/mol. The molecule has 1 aliphatic heterocycles. The maximum Gasteiger partial charge on any atom is 0.309 e. The largest absolute Gasteiger partial charge is 0.466 e. The third kappa shape index (κ3) is 3.95. The maximum atomic E-state index is 11.8. The quantitative estimate of drug-likeness (QED) is 0.701. The average molecular weight is 368 g/mol. The lowest BCUT2D eigenvalue weighted by Crippen LogP contribution is -2.46. The van der Waals surface area contributed by atoms with Crippen LogP contribution in [0, 0.1) is 22.7 Å². The van der Waals surface area contributed by atoms with E-state index in [9.17, 15) is 9.90 Å². The molecule has 150 valence electrons. The number of nitrogens with zero attached hydrogens (tertiary/aromatic N) is 1. The van der Waals surface area contributed by atoms with E-state index < -0.39 is 6.10 Å². The van der Waals surface area contributed by atoms with Crippen LogP contribution >= 0.6 is 0 Å². The highest BCUT2D eigenvalue weighted by molar-refractivity contribution is 5.72. The first-order valence-corrected chi connectivity index (χ1v) is 10.4. The van der Waals surface area contributed by atoms with Gasteiger partial charge in [0.25, 0.3) is 0 Å². The molecule has 5 nitrogen and oxygen atoms in total. The lowest BCUT2D eigenvalue weighted by molar-refractivity contribution is -0.149. The second-order valence-electron chi connectivity index (χ2n) is 9.61. The number of ether oxygens (including phenoxy) is 2. The van der Waals surface area contributed by atoms with Gasteiger partial charge in [0.15, 0.2) is 0 Å². The van der Waals surface area contributed by atoms with Gasteiger partial charge in [-0.1, -0.05) is 20.8 Å². The van der Waals surface area contributed by atoms with E-state index in [4.69, 9.17) is 9.47 Å². The lowest BCUT2D eigenvalue weighted by atomic mass is 9.70. The number of hydrogen-bond acceptors (Lipinski definition) is 5. The highest BCUT2D eigenvalue weighted by Crippen LogP contribution is 2.63. The van der Waals surface area contributed by atoms with E-state index in [1.165, 1.54) is 19.3 Å². The summed E-state index contributed by atoms with van der Waals surface area (Å²) in [5.41, 5.74) is 0.497. The van der Waals surface area contributed by atoms with Gasteiger partial charge in [0.1, 0.15) is 0 Å². The standard InChI is InChI=1S/C21H37NO4/c1-5-25-18(24)15-7-10-22(11-8-15)13-17(23)14-26-19-20(2,3)16-6-9-21(19,4)12-16/h15-17,19,23H,5-14H2,1-4H3/t16-,17+,19+,21+/m0/s1. The maximum absolute atomic E-state index is 11.8. The van der Waals surface area contributed by atoms with E-state index in [0.29, 0.717) is 19.8 Å². The highest BCUT2D eigenvalue weighted by atomic mass is 16.5. The van der Waals surface area contributed by atoms with Gasteiger partial charge >= 0.3 is 5.97 Å². The molecule has 2 saturated carbocycles. The molecule has 0 radical (unpaired) electrons. The molecule has 0 aromatic heterocycles. The van der Waals surface area contributed by atoms with Gasteiger partial charge in [-0.3, -0.25) is 4.79 Å². The molecule has 1 N–H and O–H groups in total. The van der Waals surface area contributed by atoms with Crippen molar-refractivity contribution in [1.29, 1.82) is 0 Å². The number of carbonyl (C=O) groups excluding carboxylic acids is 1. The minimum Gasteiger partial charge on any atom is -0.466 e. The molecule has 5 heteroatoms. The number of aliphatic hydroxyl groups excluding tert-OH is 1. The lowest BCUT2D eigenvalue weighted by Gasteiger charge is -2.42. The average Bonchev–Trinajstić information content (AvgIpc) is 3.06. The molecular formula is C21H37NO4. The Morgan fingerprint density at radius 1 is 1.23 bits per heavy atom. The molecule has 2 bridgehead atoms. The minimum atomic E-state index is -0.465. The predicted molar refractivity (Wildman–Crippen MR) is 101 cm³/mol. The number of β-amino-alcohol motifs (C(OH)–C–C–N with tert-alkyl or cyclic N) is 1. The summed E-state index contributed by atoms with van der Waals surface area (Å²) >= 11 is 0. The molecule has 0 aromatic carbocycles. The van der Waals surface area contributed by atoms with Crippen LogP contribution in [-0.4, -0.2) is 61.0 Å². The minimum absolute atomic E-state index is 0.0226. The zero-order valence-corrected chi connectivity index (χ0v) is 17.0. The van der Waals surface area contributed by atoms with Crippen molar-refractivity contribution < 1.29 is 19.4 Å². The van der Waals surface area contributed by atoms with E-state index in [1.54, 1.807) is 0 Å². The Morgan fingerprint density at radius 3 is 2.50 bits per heavy atom. The smallest absolute Gasteiger partial charge is 0.309 e. The molecule has 3 aliphatic rings. The highest BCUT2D eigenvalue weighted by Gasteiger charge is 2.60. The number of esters is 1. The van der Waals surface area contributed by atoms with Gasteiger partial charge in [-0.15, -0.1) is 0 Å². The summed E-state index contributed by atoms with van der Waals surface area (Å²) < 4.78 is 11.4. The summed E-state index contributed by atoms with van der Waals surface area (Å²) in [6, 6.07) is 0. The van der Waals surface area contributed by atoms with E-state index >= 15 is 0 Å². The molecule has 0 amide bonds. The summed E-state index contributed by atoms with van der Waals surface area (Å²) in [4.78, 5) is 14.1. The summed E-state index contributed by atoms with van der Waals surface area (Å²) in [5, 5.41) is 10.5. The first kappa shape index (κ1) is 20.1. The summed E-state index contributed by atoms with van der Waals surface area (Å²) in [7, 11) is 0. The molecule has 2 aliphatic carbocycles. The fourth-order valence-corrected chi connectivity index (χ4v) is 5.84. The van der Waals surface area contributed by atoms with Crippen LogP contribution in [0.4, 0.5) is 0 Å². The fraction of sp³-hybridized carbons (Fsp3) is 0.952. The Bertz CT molecular complexity index is 495. The van der Waals surface area contributed by atoms with Crippen LogP contribution in [0.25, 0.3) is 0 Å². The van der Waals surface area contributed by atoms with Crippen LogP contribution in [0.5, 0.6) is 0 Å². The topological polar surface area (TPSA) is 59.0 Å². The monoisotopic (exact) mass is 367 g/mol. The number of aliphatic hydroxyl groups is 1. The number of likely N-dealkylation sites (tertiary alicyclic amines) is 1. The Balaban J connectivity index is 1.41. The molecule has 1 saturated heterocycles. The van der Waals surface area contributed by atoms with Crippen LogP contribution in [0.2, 0.25) is 0 Å². The third-order valence-electron chi connectivity index (χ3n) is 7.27. The second kappa shape index (κ2) is 7.76. The number of fused-ring (bicyclic) bond motifs is 2. The van der Waals surface area contributed by atoms with Gasteiger partial charge in [-0.05, 0) is 68.9 Å². The summed E-state index contributed by atoms with van der Waals surface area (Å²) in [6.07, 6.45) is 5.27. The molecule has 3 rings (SSSR count). The molecule has 0 unspecified atom stereocenters. The zero-order chi connectivity index (χ0) is 18.9. The molecule has 1 heterocycles. The van der Waals surface area contributed by atoms with Crippen molar-refractivity contribution in [1.82, 2.24) is 4.90 Å². The number of hydrogen-bond donors (Lipinski definition) is 1. The van der Waals surface area contributed by atoms with Crippen molar-refractivity contribution in [3.63, 3.8) is 0 Å². The van der Waals surface area contributed by atoms with E-state index in [1.807, 2.05) is 6.92 Å². The van der Waals surface area contributed by atoms with Crippen LogP contribution in [0.1, 0.15) is 59.8 Å². The SMILES string of the molecule is CCOC(=O)C1CCN(C[C@@H](O)CO[C@@H]2C(C)(C)[C@H]3CC[C@]2(C)C3)CC1. The van der Waals surface area contributed by atoms with Crippen LogP contribution < -0.4 is 0 Å². The first-order chi connectivity index (χ1) is 12.3. The van der Waals surface area contributed by atoms with Crippen molar-refractivity contribution in [2.75, 3.05) is 32.8 Å². The zero-order valence-electron chi connectivity index (χ0n) is 17.0. The van der Waals surface area contributed by atoms with Gasteiger partial charge < -0.3 is 19.5 Å². The van der Waals surface area contributed by atoms with Crippen molar-refractivity contribution >= 4 is 5.97 Å². The second-order valence-corrected chi connectivity index (χ2v) is 9.61. The predicted octanol–water partition coefficient (Wildman–Crippen LogP) is 2.85. The first-order valence-electron chi connectivity index (χ1n) is 10.4. The number of rotatable bonds is 7. The molecule has 26 heavy (non-hydrogen) atoms. The molecule has 0 aromatic rings. The Labute approximate surface area is 158 Å². The number of carbonyl (C=O) groups is 1. The molecule has 0 spiro atoms. The van der Waals surface area contributed by atoms with Crippen LogP contribution in [0.3, 0.4) is 0 Å². The summed E-state index contributed by atoms with van der Waals surface area (Å²) in [6.45, 7) is 12.0. The molecule has 4 atom stereocenters. The van der Waals surface area contributed by atoms with Gasteiger partial charge in [-0.2, -0.15) is 0 Å². The molecule has 3 fully saturated rings.